The molecule has 4 rings (SSSR count). The van der Waals surface area contributed by atoms with Crippen molar-refractivity contribution in [2.75, 3.05) is 13.2 Å². The lowest BCUT2D eigenvalue weighted by Crippen LogP contribution is -2.68. The third-order valence-corrected chi connectivity index (χ3v) is 8.07. The van der Waals surface area contributed by atoms with Gasteiger partial charge in [-0.05, 0) is 17.7 Å². The molecule has 0 saturated carbocycles. The summed E-state index contributed by atoms with van der Waals surface area (Å²) in [6.07, 6.45) is -11.0. The Hall–Kier alpha value is -4.94. The Morgan fingerprint density at radius 3 is 1.75 bits per heavy atom. The lowest BCUT2D eigenvalue weighted by atomic mass is 9.95. The number of hydrogen-bond acceptors (Lipinski definition) is 15. The first-order valence-corrected chi connectivity index (χ1v) is 16.8. The van der Waals surface area contributed by atoms with Crippen LogP contribution in [-0.4, -0.2) is 115 Å². The number of nitrogens with one attached hydrogen (secondary N) is 2. The topological polar surface area (TPSA) is 221 Å². The number of carbonyl (C=O) groups is 6. The Morgan fingerprint density at radius 1 is 0.623 bits per heavy atom. The molecule has 0 aliphatic carbocycles. The van der Waals surface area contributed by atoms with E-state index >= 15 is 0 Å². The molecule has 288 valence electrons. The summed E-state index contributed by atoms with van der Waals surface area (Å²) in [6.45, 7) is 4.81. The lowest BCUT2D eigenvalue weighted by molar-refractivity contribution is -0.304. The highest BCUT2D eigenvalue weighted by Crippen LogP contribution is 2.31. The summed E-state index contributed by atoms with van der Waals surface area (Å²) in [4.78, 5) is 74.2. The first kappa shape index (κ1) is 40.8. The Labute approximate surface area is 305 Å². The molecule has 2 heterocycles. The van der Waals surface area contributed by atoms with Crippen LogP contribution in [-0.2, 0) is 68.5 Å². The predicted octanol–water partition coefficient (Wildman–Crippen LogP) is 0.692. The third-order valence-electron chi connectivity index (χ3n) is 8.07. The zero-order valence-corrected chi connectivity index (χ0v) is 29.8. The van der Waals surface area contributed by atoms with E-state index in [9.17, 15) is 33.9 Å². The number of aliphatic hydroxyl groups is 1. The van der Waals surface area contributed by atoms with Gasteiger partial charge in [-0.1, -0.05) is 48.5 Å². The van der Waals surface area contributed by atoms with Gasteiger partial charge >= 0.3 is 23.9 Å². The number of benzene rings is 2. The van der Waals surface area contributed by atoms with Crippen LogP contribution in [0, 0.1) is 0 Å². The van der Waals surface area contributed by atoms with Crippen LogP contribution < -0.4 is 10.6 Å². The number of hydrogen-bond donors (Lipinski definition) is 3. The first-order valence-electron chi connectivity index (χ1n) is 16.8. The minimum absolute atomic E-state index is 0.0227. The lowest BCUT2D eigenvalue weighted by Gasteiger charge is -2.47. The first-order chi connectivity index (χ1) is 25.2. The second-order valence-electron chi connectivity index (χ2n) is 12.3. The molecule has 2 fully saturated rings. The molecule has 0 unspecified atom stereocenters. The van der Waals surface area contributed by atoms with Gasteiger partial charge in [0.25, 0.3) is 0 Å². The van der Waals surface area contributed by atoms with Crippen LogP contribution in [0.4, 0.5) is 0 Å². The second kappa shape index (κ2) is 19.2. The van der Waals surface area contributed by atoms with Crippen molar-refractivity contribution < 1.29 is 71.8 Å². The maximum atomic E-state index is 13.4. The van der Waals surface area contributed by atoms with Crippen molar-refractivity contribution in [2.24, 2.45) is 0 Å². The van der Waals surface area contributed by atoms with Gasteiger partial charge in [0.15, 0.2) is 30.9 Å². The van der Waals surface area contributed by atoms with Crippen molar-refractivity contribution >= 4 is 35.7 Å². The van der Waals surface area contributed by atoms with Crippen LogP contribution in [0.15, 0.2) is 60.7 Å². The standard InChI is InChI=1S/C36H44N2O15/c1-19(39)37-28-32(53-34(44)25-14-10-7-11-15-25)30(47-16-24-12-8-6-9-13-24)26(51-35(28)45)18-48-36-29(38-20(2)40)33(50-23(5)43)31(49-22(4)42)27(52-36)17-46-21(3)41/h6-15,26-33,35-36,45H,16-18H2,1-5H3,(H,37,39)(H,38,40)/t26-,27-,28-,29-,30-,31-,32-,33-,35+,36-/m1/s1. The molecule has 17 nitrogen and oxygen atoms in total. The molecule has 2 aliphatic rings. The van der Waals surface area contributed by atoms with Crippen molar-refractivity contribution in [1.82, 2.24) is 10.6 Å². The van der Waals surface area contributed by atoms with Gasteiger partial charge in [0.05, 0.1) is 18.8 Å². The largest absolute Gasteiger partial charge is 0.463 e. The van der Waals surface area contributed by atoms with Crippen LogP contribution in [0.25, 0.3) is 0 Å². The van der Waals surface area contributed by atoms with Gasteiger partial charge in [0.1, 0.15) is 37.0 Å². The van der Waals surface area contributed by atoms with Gasteiger partial charge in [-0.15, -0.1) is 0 Å². The van der Waals surface area contributed by atoms with E-state index in [1.54, 1.807) is 42.5 Å². The summed E-state index contributed by atoms with van der Waals surface area (Å²) >= 11 is 0. The second-order valence-corrected chi connectivity index (χ2v) is 12.3. The van der Waals surface area contributed by atoms with Gasteiger partial charge in [-0.25, -0.2) is 4.79 Å². The molecular weight excluding hydrogens is 700 g/mol. The van der Waals surface area contributed by atoms with Crippen molar-refractivity contribution in [3.8, 4) is 0 Å². The molecule has 2 saturated heterocycles. The average molecular weight is 745 g/mol. The summed E-state index contributed by atoms with van der Waals surface area (Å²) in [5, 5.41) is 16.4. The fourth-order valence-electron chi connectivity index (χ4n) is 5.94. The molecule has 10 atom stereocenters. The average Bonchev–Trinajstić information content (AvgIpc) is 3.09. The fourth-order valence-corrected chi connectivity index (χ4v) is 5.94. The van der Waals surface area contributed by atoms with Gasteiger partial charge < -0.3 is 53.6 Å². The van der Waals surface area contributed by atoms with E-state index in [1.807, 2.05) is 6.07 Å². The number of carbonyl (C=O) groups excluding carboxylic acids is 6. The van der Waals surface area contributed by atoms with E-state index in [0.717, 1.165) is 26.3 Å². The molecule has 3 N–H and O–H groups in total. The molecule has 0 spiro atoms. The molecule has 2 aromatic rings. The summed E-state index contributed by atoms with van der Waals surface area (Å²) in [6, 6.07) is 14.5. The number of rotatable bonds is 14. The molecule has 0 bridgehead atoms. The van der Waals surface area contributed by atoms with E-state index in [2.05, 4.69) is 10.6 Å². The van der Waals surface area contributed by atoms with Crippen LogP contribution in [0.3, 0.4) is 0 Å². The van der Waals surface area contributed by atoms with E-state index in [4.69, 9.17) is 37.9 Å². The Morgan fingerprint density at radius 2 is 1.17 bits per heavy atom. The fraction of sp³-hybridized carbons (Fsp3) is 0.500. The molecule has 0 radical (unpaired) electrons. The highest BCUT2D eigenvalue weighted by molar-refractivity contribution is 5.89. The Bertz CT molecular complexity index is 1570. The number of ether oxygens (including phenoxy) is 8. The minimum atomic E-state index is -1.74. The zero-order chi connectivity index (χ0) is 38.7. The van der Waals surface area contributed by atoms with Crippen molar-refractivity contribution in [3.63, 3.8) is 0 Å². The maximum absolute atomic E-state index is 13.4. The highest BCUT2D eigenvalue weighted by atomic mass is 16.7. The van der Waals surface area contributed by atoms with Crippen LogP contribution in [0.5, 0.6) is 0 Å². The number of esters is 4. The molecule has 53 heavy (non-hydrogen) atoms. The van der Waals surface area contributed by atoms with Crippen molar-refractivity contribution in [1.29, 1.82) is 0 Å². The van der Waals surface area contributed by atoms with Crippen LogP contribution in [0.2, 0.25) is 0 Å². The van der Waals surface area contributed by atoms with Crippen LogP contribution in [0.1, 0.15) is 50.5 Å². The molecule has 0 aromatic heterocycles. The van der Waals surface area contributed by atoms with Gasteiger partial charge in [0, 0.05) is 34.6 Å². The SMILES string of the molecule is CC(=O)N[C@@H]1[C@@H](OC(=O)c2ccccc2)[C@H](OCc2ccccc2)[C@@H](CO[C@@H]2O[C@H](COC(C)=O)[C@@H](OC(C)=O)[C@H](OC(C)=O)[C@H]2NC(C)=O)O[C@@H]1O. The zero-order valence-electron chi connectivity index (χ0n) is 29.8. The molecular formula is C36H44N2O15. The van der Waals surface area contributed by atoms with E-state index in [-0.39, 0.29) is 12.2 Å². The van der Waals surface area contributed by atoms with E-state index in [1.165, 1.54) is 26.0 Å². The maximum Gasteiger partial charge on any atom is 0.338 e. The molecule has 2 aromatic carbocycles. The Kier molecular flexibility index (Phi) is 14.8. The normalized spacial score (nSPS) is 28.1. The van der Waals surface area contributed by atoms with Crippen LogP contribution >= 0.6 is 0 Å². The summed E-state index contributed by atoms with van der Waals surface area (Å²) in [5.74, 6) is -4.19. The van der Waals surface area contributed by atoms with Gasteiger partial charge in [-0.2, -0.15) is 0 Å². The number of amides is 2. The van der Waals surface area contributed by atoms with E-state index in [0.29, 0.717) is 0 Å². The van der Waals surface area contributed by atoms with Gasteiger partial charge in [0.2, 0.25) is 11.8 Å². The molecule has 2 aliphatic heterocycles. The highest BCUT2D eigenvalue weighted by Gasteiger charge is 2.53. The summed E-state index contributed by atoms with van der Waals surface area (Å²) in [5.41, 5.74) is 0.925. The molecule has 17 heteroatoms. The van der Waals surface area contributed by atoms with Gasteiger partial charge in [-0.3, -0.25) is 24.0 Å². The monoisotopic (exact) mass is 744 g/mol. The predicted molar refractivity (Wildman–Crippen MR) is 179 cm³/mol. The minimum Gasteiger partial charge on any atom is -0.463 e. The Balaban J connectivity index is 1.70. The smallest absolute Gasteiger partial charge is 0.338 e. The van der Waals surface area contributed by atoms with E-state index < -0.39 is 110 Å². The quantitative estimate of drug-likeness (QED) is 0.179. The van der Waals surface area contributed by atoms with Crippen molar-refractivity contribution in [2.45, 2.75) is 103 Å². The summed E-state index contributed by atoms with van der Waals surface area (Å²) < 4.78 is 46.5. The third kappa shape index (κ3) is 11.8. The molecule has 2 amide bonds. The number of aliphatic hydroxyl groups excluding tert-OH is 1. The summed E-state index contributed by atoms with van der Waals surface area (Å²) in [7, 11) is 0. The van der Waals surface area contributed by atoms with Crippen molar-refractivity contribution in [3.05, 3.63) is 71.8 Å².